The Balaban J connectivity index is 2.32. The van der Waals surface area contributed by atoms with Gasteiger partial charge in [0.1, 0.15) is 11.6 Å². The molecule has 0 saturated carbocycles. The zero-order chi connectivity index (χ0) is 14.7. The van der Waals surface area contributed by atoms with Crippen LogP contribution in [0.2, 0.25) is 5.02 Å². The minimum atomic E-state index is -0.993. The summed E-state index contributed by atoms with van der Waals surface area (Å²) in [4.78, 5) is 15.3. The predicted molar refractivity (Wildman–Crippen MR) is 77.2 cm³/mol. The van der Waals surface area contributed by atoms with E-state index in [0.29, 0.717) is 28.0 Å². The molecular formula is C14H13ClN2O3. The number of carboxylic acids is 1. The molecule has 0 aliphatic heterocycles. The highest BCUT2D eigenvalue weighted by Gasteiger charge is 2.08. The summed E-state index contributed by atoms with van der Waals surface area (Å²) in [6.45, 7) is 1.74. The number of aromatic carboxylic acids is 1. The number of benzene rings is 1. The first-order valence-electron chi connectivity index (χ1n) is 5.82. The lowest BCUT2D eigenvalue weighted by molar-refractivity contribution is 0.0696. The fraction of sp³-hybridized carbons (Fsp3) is 0.143. The first-order valence-corrected chi connectivity index (χ1v) is 6.20. The van der Waals surface area contributed by atoms with Gasteiger partial charge in [-0.05, 0) is 31.2 Å². The van der Waals surface area contributed by atoms with Gasteiger partial charge in [-0.1, -0.05) is 11.6 Å². The zero-order valence-electron chi connectivity index (χ0n) is 11.0. The Hall–Kier alpha value is -2.27. The van der Waals surface area contributed by atoms with Gasteiger partial charge in [-0.3, -0.25) is 0 Å². The van der Waals surface area contributed by atoms with Crippen molar-refractivity contribution in [3.8, 4) is 5.75 Å². The zero-order valence-corrected chi connectivity index (χ0v) is 11.7. The van der Waals surface area contributed by atoms with Crippen LogP contribution in [0.3, 0.4) is 0 Å². The Kier molecular flexibility index (Phi) is 4.10. The van der Waals surface area contributed by atoms with E-state index in [1.54, 1.807) is 25.1 Å². The summed E-state index contributed by atoms with van der Waals surface area (Å²) in [6, 6.07) is 8.14. The largest absolute Gasteiger partial charge is 0.495 e. The molecule has 0 aliphatic carbocycles. The van der Waals surface area contributed by atoms with Gasteiger partial charge in [0.2, 0.25) is 0 Å². The molecule has 104 valence electrons. The van der Waals surface area contributed by atoms with Crippen molar-refractivity contribution in [3.05, 3.63) is 46.6 Å². The number of rotatable bonds is 4. The van der Waals surface area contributed by atoms with Crippen molar-refractivity contribution in [2.45, 2.75) is 6.92 Å². The Bertz CT molecular complexity index is 659. The maximum absolute atomic E-state index is 11.0. The Morgan fingerprint density at radius 3 is 2.75 bits per heavy atom. The number of nitrogens with zero attached hydrogens (tertiary/aromatic N) is 1. The number of halogens is 1. The fourth-order valence-corrected chi connectivity index (χ4v) is 1.94. The van der Waals surface area contributed by atoms with Crippen molar-refractivity contribution in [1.29, 1.82) is 0 Å². The molecule has 0 radical (unpaired) electrons. The number of aromatic nitrogens is 1. The molecule has 0 saturated heterocycles. The lowest BCUT2D eigenvalue weighted by atomic mass is 10.2. The van der Waals surface area contributed by atoms with Crippen molar-refractivity contribution in [3.63, 3.8) is 0 Å². The monoisotopic (exact) mass is 292 g/mol. The topological polar surface area (TPSA) is 71.5 Å². The number of methoxy groups -OCH3 is 1. The molecule has 0 fully saturated rings. The number of pyridine rings is 1. The maximum atomic E-state index is 11.0. The first-order chi connectivity index (χ1) is 9.49. The fourth-order valence-electron chi connectivity index (χ4n) is 1.74. The molecular weight excluding hydrogens is 280 g/mol. The summed E-state index contributed by atoms with van der Waals surface area (Å²) in [6.07, 6.45) is 0. The van der Waals surface area contributed by atoms with Gasteiger partial charge < -0.3 is 15.2 Å². The van der Waals surface area contributed by atoms with Gasteiger partial charge in [-0.25, -0.2) is 9.78 Å². The molecule has 2 N–H and O–H groups in total. The molecule has 0 atom stereocenters. The number of hydrogen-bond donors (Lipinski definition) is 2. The number of nitrogens with one attached hydrogen (secondary N) is 1. The third-order valence-electron chi connectivity index (χ3n) is 2.62. The SMILES string of the molecule is COc1cc(Nc2cc(C(=O)O)cc(C)n2)ccc1Cl. The summed E-state index contributed by atoms with van der Waals surface area (Å²) < 4.78 is 5.12. The van der Waals surface area contributed by atoms with Gasteiger partial charge in [0.05, 0.1) is 17.7 Å². The van der Waals surface area contributed by atoms with Crippen molar-refractivity contribution >= 4 is 29.1 Å². The number of anilines is 2. The molecule has 0 amide bonds. The summed E-state index contributed by atoms with van der Waals surface area (Å²) in [5, 5.41) is 12.6. The van der Waals surface area contributed by atoms with E-state index >= 15 is 0 Å². The minimum absolute atomic E-state index is 0.181. The van der Waals surface area contributed by atoms with E-state index in [9.17, 15) is 4.79 Å². The van der Waals surface area contributed by atoms with Crippen molar-refractivity contribution in [2.75, 3.05) is 12.4 Å². The number of carbonyl (C=O) groups is 1. The molecule has 0 unspecified atom stereocenters. The summed E-state index contributed by atoms with van der Waals surface area (Å²) in [5.41, 5.74) is 1.51. The van der Waals surface area contributed by atoms with E-state index in [-0.39, 0.29) is 5.56 Å². The number of aryl methyl sites for hydroxylation is 1. The molecule has 6 heteroatoms. The van der Waals surface area contributed by atoms with Gasteiger partial charge in [-0.2, -0.15) is 0 Å². The number of hydrogen-bond acceptors (Lipinski definition) is 4. The standard InChI is InChI=1S/C14H13ClN2O3/c1-8-5-9(14(18)19)6-13(16-8)17-10-3-4-11(15)12(7-10)20-2/h3-7H,1-2H3,(H,16,17)(H,18,19). The maximum Gasteiger partial charge on any atom is 0.335 e. The lowest BCUT2D eigenvalue weighted by Gasteiger charge is -2.10. The van der Waals surface area contributed by atoms with Gasteiger partial charge in [0.25, 0.3) is 0 Å². The number of carboxylic acid groups (broad SMARTS) is 1. The van der Waals surface area contributed by atoms with E-state index in [1.165, 1.54) is 19.2 Å². The molecule has 0 bridgehead atoms. The van der Waals surface area contributed by atoms with E-state index in [0.717, 1.165) is 0 Å². The van der Waals surface area contributed by atoms with Crippen molar-refractivity contribution in [2.24, 2.45) is 0 Å². The average molecular weight is 293 g/mol. The van der Waals surface area contributed by atoms with Crippen LogP contribution in [0, 0.1) is 6.92 Å². The lowest BCUT2D eigenvalue weighted by Crippen LogP contribution is -2.02. The van der Waals surface area contributed by atoms with Crippen LogP contribution >= 0.6 is 11.6 Å². The second-order valence-electron chi connectivity index (χ2n) is 4.16. The van der Waals surface area contributed by atoms with Gasteiger partial charge in [0, 0.05) is 17.4 Å². The van der Waals surface area contributed by atoms with E-state index < -0.39 is 5.97 Å². The molecule has 0 aliphatic rings. The third kappa shape index (κ3) is 3.19. The summed E-state index contributed by atoms with van der Waals surface area (Å²) in [7, 11) is 1.53. The predicted octanol–water partition coefficient (Wildman–Crippen LogP) is 3.49. The number of ether oxygens (including phenoxy) is 1. The molecule has 5 nitrogen and oxygen atoms in total. The molecule has 1 aromatic heterocycles. The highest BCUT2D eigenvalue weighted by Crippen LogP contribution is 2.28. The summed E-state index contributed by atoms with van der Waals surface area (Å²) in [5.74, 6) is -0.0122. The van der Waals surface area contributed by atoms with E-state index in [2.05, 4.69) is 10.3 Å². The average Bonchev–Trinajstić information content (AvgIpc) is 2.40. The molecule has 2 aromatic rings. The van der Waals surface area contributed by atoms with Crippen molar-refractivity contribution < 1.29 is 14.6 Å². The van der Waals surface area contributed by atoms with Gasteiger partial charge in [-0.15, -0.1) is 0 Å². The van der Waals surface area contributed by atoms with Crippen LogP contribution in [-0.4, -0.2) is 23.2 Å². The Morgan fingerprint density at radius 1 is 1.35 bits per heavy atom. The van der Waals surface area contributed by atoms with Crippen LogP contribution in [0.15, 0.2) is 30.3 Å². The molecule has 1 heterocycles. The van der Waals surface area contributed by atoms with E-state index in [4.69, 9.17) is 21.4 Å². The van der Waals surface area contributed by atoms with Crippen molar-refractivity contribution in [1.82, 2.24) is 4.98 Å². The smallest absolute Gasteiger partial charge is 0.335 e. The minimum Gasteiger partial charge on any atom is -0.495 e. The second-order valence-corrected chi connectivity index (χ2v) is 4.57. The van der Waals surface area contributed by atoms with Crippen LogP contribution in [0.1, 0.15) is 16.1 Å². The normalized spacial score (nSPS) is 10.2. The molecule has 1 aromatic carbocycles. The Labute approximate surface area is 121 Å². The third-order valence-corrected chi connectivity index (χ3v) is 2.94. The van der Waals surface area contributed by atoms with Crippen LogP contribution in [0.25, 0.3) is 0 Å². The molecule has 2 rings (SSSR count). The van der Waals surface area contributed by atoms with Crippen LogP contribution in [-0.2, 0) is 0 Å². The molecule has 20 heavy (non-hydrogen) atoms. The first kappa shape index (κ1) is 14.1. The van der Waals surface area contributed by atoms with E-state index in [1.807, 2.05) is 0 Å². The second kappa shape index (κ2) is 5.79. The Morgan fingerprint density at radius 2 is 2.10 bits per heavy atom. The van der Waals surface area contributed by atoms with Crippen LogP contribution in [0.5, 0.6) is 5.75 Å². The summed E-state index contributed by atoms with van der Waals surface area (Å²) >= 11 is 5.95. The molecule has 0 spiro atoms. The van der Waals surface area contributed by atoms with Gasteiger partial charge in [0.15, 0.2) is 0 Å². The quantitative estimate of drug-likeness (QED) is 0.902. The highest BCUT2D eigenvalue weighted by molar-refractivity contribution is 6.32. The van der Waals surface area contributed by atoms with Crippen LogP contribution in [0.4, 0.5) is 11.5 Å². The highest BCUT2D eigenvalue weighted by atomic mass is 35.5. The van der Waals surface area contributed by atoms with Crippen LogP contribution < -0.4 is 10.1 Å². The van der Waals surface area contributed by atoms with Gasteiger partial charge >= 0.3 is 5.97 Å².